The van der Waals surface area contributed by atoms with Gasteiger partial charge in [-0.05, 0) is 118 Å². The summed E-state index contributed by atoms with van der Waals surface area (Å²) in [5.74, 6) is 0.673. The first-order valence-electron chi connectivity index (χ1n) is 21.1. The number of fused-ring (bicyclic) bond motifs is 8. The smallest absolute Gasteiger partial charge is 0.160 e. The highest BCUT2D eigenvalue weighted by atomic mass is 14.9. The van der Waals surface area contributed by atoms with E-state index < -0.39 is 0 Å². The Kier molecular flexibility index (Phi) is 8.50. The van der Waals surface area contributed by atoms with Crippen LogP contribution in [-0.2, 0) is 0 Å². The van der Waals surface area contributed by atoms with Crippen molar-refractivity contribution in [3.8, 4) is 67.3 Å². The van der Waals surface area contributed by atoms with E-state index in [1.165, 1.54) is 70.6 Å². The highest BCUT2D eigenvalue weighted by Crippen LogP contribution is 2.45. The Morgan fingerprint density at radius 1 is 0.258 bits per heavy atom. The maximum Gasteiger partial charge on any atom is 0.160 e. The molecule has 0 aliphatic rings. The Balaban J connectivity index is 1.06. The van der Waals surface area contributed by atoms with Crippen LogP contribution in [0.15, 0.2) is 225 Å². The fourth-order valence-corrected chi connectivity index (χ4v) is 9.47. The Hall–Kier alpha value is -8.27. The van der Waals surface area contributed by atoms with Crippen LogP contribution in [0.1, 0.15) is 0 Å². The Bertz CT molecular complexity index is 3690. The average Bonchev–Trinajstić information content (AvgIpc) is 3.36. The van der Waals surface area contributed by atoms with Crippen LogP contribution >= 0.6 is 0 Å². The van der Waals surface area contributed by atoms with E-state index in [0.717, 1.165) is 44.8 Å². The molecule has 62 heavy (non-hydrogen) atoms. The standard InChI is InChI=1S/C59H37N3/c1-2-16-38(17-3-1)57-36-58(51-30-13-6-23-44(51)42-21-15-31-60-37-42)62-59(61-57)41-20-14-19-39(32-41)52-34-54-49-28-11-12-29-50(49)55(35-56(54)48-27-10-8-25-46(48)52)53-33-40-18-4-5-22-43(40)45-24-7-9-26-47(45)53/h1-37H. The molecule has 10 aromatic carbocycles. The zero-order chi connectivity index (χ0) is 41.0. The topological polar surface area (TPSA) is 38.7 Å². The van der Waals surface area contributed by atoms with Gasteiger partial charge in [-0.25, -0.2) is 9.97 Å². The molecule has 0 fully saturated rings. The molecule has 3 heteroatoms. The van der Waals surface area contributed by atoms with Crippen molar-refractivity contribution in [2.24, 2.45) is 0 Å². The van der Waals surface area contributed by atoms with Crippen LogP contribution in [0, 0.1) is 0 Å². The van der Waals surface area contributed by atoms with Crippen LogP contribution in [-0.4, -0.2) is 15.0 Å². The molecule has 12 aromatic rings. The van der Waals surface area contributed by atoms with Crippen molar-refractivity contribution in [2.75, 3.05) is 0 Å². The van der Waals surface area contributed by atoms with Crippen LogP contribution in [0.3, 0.4) is 0 Å². The monoisotopic (exact) mass is 787 g/mol. The predicted molar refractivity (Wildman–Crippen MR) is 260 cm³/mol. The molecular formula is C59H37N3. The van der Waals surface area contributed by atoms with Gasteiger partial charge in [0.2, 0.25) is 0 Å². The minimum Gasteiger partial charge on any atom is -0.264 e. The lowest BCUT2D eigenvalue weighted by atomic mass is 9.86. The van der Waals surface area contributed by atoms with Crippen molar-refractivity contribution in [3.05, 3.63) is 225 Å². The number of pyridine rings is 1. The van der Waals surface area contributed by atoms with Crippen LogP contribution in [0.25, 0.3) is 121 Å². The van der Waals surface area contributed by atoms with E-state index in [-0.39, 0.29) is 0 Å². The number of benzene rings is 10. The summed E-state index contributed by atoms with van der Waals surface area (Å²) < 4.78 is 0. The van der Waals surface area contributed by atoms with Gasteiger partial charge < -0.3 is 0 Å². The van der Waals surface area contributed by atoms with Gasteiger partial charge in [0.05, 0.1) is 11.4 Å². The summed E-state index contributed by atoms with van der Waals surface area (Å²) >= 11 is 0. The zero-order valence-corrected chi connectivity index (χ0v) is 33.7. The van der Waals surface area contributed by atoms with Crippen molar-refractivity contribution in [3.63, 3.8) is 0 Å². The Morgan fingerprint density at radius 3 is 1.48 bits per heavy atom. The van der Waals surface area contributed by atoms with E-state index in [0.29, 0.717) is 5.82 Å². The molecule has 0 spiro atoms. The number of hydrogen-bond acceptors (Lipinski definition) is 3. The second kappa shape index (κ2) is 14.8. The van der Waals surface area contributed by atoms with Crippen molar-refractivity contribution in [1.29, 1.82) is 0 Å². The third-order valence-corrected chi connectivity index (χ3v) is 12.3. The normalized spacial score (nSPS) is 11.5. The molecule has 3 nitrogen and oxygen atoms in total. The lowest BCUT2D eigenvalue weighted by molar-refractivity contribution is 1.18. The van der Waals surface area contributed by atoms with Crippen LogP contribution < -0.4 is 0 Å². The molecule has 12 rings (SSSR count). The van der Waals surface area contributed by atoms with Gasteiger partial charge in [-0.3, -0.25) is 4.98 Å². The molecule has 0 saturated carbocycles. The molecule has 0 aliphatic heterocycles. The van der Waals surface area contributed by atoms with Crippen LogP contribution in [0.4, 0.5) is 0 Å². The molecular weight excluding hydrogens is 751 g/mol. The highest BCUT2D eigenvalue weighted by molar-refractivity contribution is 6.26. The van der Waals surface area contributed by atoms with E-state index in [1.54, 1.807) is 0 Å². The van der Waals surface area contributed by atoms with Gasteiger partial charge in [0.15, 0.2) is 5.82 Å². The summed E-state index contributed by atoms with van der Waals surface area (Å²) in [7, 11) is 0. The first-order valence-corrected chi connectivity index (χ1v) is 21.1. The summed E-state index contributed by atoms with van der Waals surface area (Å²) in [6.07, 6.45) is 3.72. The second-order valence-corrected chi connectivity index (χ2v) is 15.9. The number of aromatic nitrogens is 3. The Morgan fingerprint density at radius 2 is 0.774 bits per heavy atom. The van der Waals surface area contributed by atoms with Gasteiger partial charge in [-0.15, -0.1) is 0 Å². The van der Waals surface area contributed by atoms with Gasteiger partial charge in [0.25, 0.3) is 0 Å². The molecule has 0 bridgehead atoms. The minimum absolute atomic E-state index is 0.673. The first kappa shape index (κ1) is 35.7. The predicted octanol–water partition coefficient (Wildman–Crippen LogP) is 15.6. The quantitative estimate of drug-likeness (QED) is 0.158. The van der Waals surface area contributed by atoms with Gasteiger partial charge in [0.1, 0.15) is 0 Å². The molecule has 288 valence electrons. The minimum atomic E-state index is 0.673. The van der Waals surface area contributed by atoms with Crippen molar-refractivity contribution in [1.82, 2.24) is 15.0 Å². The van der Waals surface area contributed by atoms with Crippen molar-refractivity contribution in [2.45, 2.75) is 0 Å². The molecule has 0 atom stereocenters. The van der Waals surface area contributed by atoms with Gasteiger partial charge in [-0.2, -0.15) is 0 Å². The molecule has 0 radical (unpaired) electrons. The Labute approximate surface area is 359 Å². The first-order chi connectivity index (χ1) is 30.7. The summed E-state index contributed by atoms with van der Waals surface area (Å²) in [5, 5.41) is 12.4. The highest BCUT2D eigenvalue weighted by Gasteiger charge is 2.19. The lowest BCUT2D eigenvalue weighted by Gasteiger charge is -2.18. The molecule has 0 aliphatic carbocycles. The van der Waals surface area contributed by atoms with E-state index >= 15 is 0 Å². The molecule has 0 saturated heterocycles. The average molecular weight is 788 g/mol. The van der Waals surface area contributed by atoms with E-state index in [1.807, 2.05) is 24.5 Å². The maximum atomic E-state index is 5.32. The van der Waals surface area contributed by atoms with Crippen molar-refractivity contribution < 1.29 is 0 Å². The van der Waals surface area contributed by atoms with Gasteiger partial charge in [0, 0.05) is 34.6 Å². The molecule has 0 amide bonds. The maximum absolute atomic E-state index is 5.32. The van der Waals surface area contributed by atoms with E-state index in [9.17, 15) is 0 Å². The third-order valence-electron chi connectivity index (χ3n) is 12.3. The summed E-state index contributed by atoms with van der Waals surface area (Å²) in [6, 6.07) is 76.2. The molecule has 0 unspecified atom stereocenters. The van der Waals surface area contributed by atoms with Gasteiger partial charge in [-0.1, -0.05) is 176 Å². The van der Waals surface area contributed by atoms with Gasteiger partial charge >= 0.3 is 0 Å². The SMILES string of the molecule is c1ccc(-c2cc(-c3ccccc3-c3cccnc3)nc(-c3cccc(-c4cc5c6ccccc6c(-c6cc7ccccc7c7ccccc67)cc5c5ccccc45)c3)n2)cc1. The fourth-order valence-electron chi connectivity index (χ4n) is 9.47. The number of rotatable bonds is 6. The van der Waals surface area contributed by atoms with Crippen LogP contribution in [0.2, 0.25) is 0 Å². The summed E-state index contributed by atoms with van der Waals surface area (Å²) in [4.78, 5) is 15.0. The second-order valence-electron chi connectivity index (χ2n) is 15.9. The lowest BCUT2D eigenvalue weighted by Crippen LogP contribution is -1.97. The fraction of sp³-hybridized carbons (Fsp3) is 0. The van der Waals surface area contributed by atoms with E-state index in [4.69, 9.17) is 9.97 Å². The molecule has 0 N–H and O–H groups in total. The number of nitrogens with zero attached hydrogens (tertiary/aromatic N) is 3. The zero-order valence-electron chi connectivity index (χ0n) is 33.7. The molecule has 2 aromatic heterocycles. The summed E-state index contributed by atoms with van der Waals surface area (Å²) in [5.41, 5.74) is 11.6. The number of hydrogen-bond donors (Lipinski definition) is 0. The summed E-state index contributed by atoms with van der Waals surface area (Å²) in [6.45, 7) is 0. The van der Waals surface area contributed by atoms with Crippen molar-refractivity contribution >= 4 is 53.9 Å². The van der Waals surface area contributed by atoms with Crippen LogP contribution in [0.5, 0.6) is 0 Å². The largest absolute Gasteiger partial charge is 0.264 e. The third kappa shape index (κ3) is 6.02. The van der Waals surface area contributed by atoms with E-state index in [2.05, 4.69) is 205 Å². The molecule has 2 heterocycles.